The van der Waals surface area contributed by atoms with E-state index in [-0.39, 0.29) is 17.0 Å². The van der Waals surface area contributed by atoms with Gasteiger partial charge in [-0.25, -0.2) is 13.1 Å². The molecule has 0 amide bonds. The lowest BCUT2D eigenvalue weighted by atomic mass is 10.1. The van der Waals surface area contributed by atoms with E-state index in [1.807, 2.05) is 6.92 Å². The average Bonchev–Trinajstić information content (AvgIpc) is 2.86. The fraction of sp³-hybridized carbons (Fsp3) is 0.700. The number of aryl methyl sites for hydroxylation is 1. The van der Waals surface area contributed by atoms with Crippen LogP contribution < -0.4 is 4.72 Å². The predicted octanol–water partition coefficient (Wildman–Crippen LogP) is 0.266. The van der Waals surface area contributed by atoms with Crippen molar-refractivity contribution in [3.05, 3.63) is 12.4 Å². The van der Waals surface area contributed by atoms with E-state index in [0.29, 0.717) is 6.61 Å². The van der Waals surface area contributed by atoms with Gasteiger partial charge in [-0.05, 0) is 19.8 Å². The van der Waals surface area contributed by atoms with Gasteiger partial charge >= 0.3 is 0 Å². The molecule has 96 valence electrons. The van der Waals surface area contributed by atoms with Crippen LogP contribution in [0, 0.1) is 0 Å². The maximum Gasteiger partial charge on any atom is 0.244 e. The van der Waals surface area contributed by atoms with Gasteiger partial charge < -0.3 is 4.74 Å². The summed E-state index contributed by atoms with van der Waals surface area (Å²) < 4.78 is 33.5. The Kier molecular flexibility index (Phi) is 3.50. The van der Waals surface area contributed by atoms with E-state index in [2.05, 4.69) is 9.82 Å². The summed E-state index contributed by atoms with van der Waals surface area (Å²) in [6, 6.07) is -0.220. The summed E-state index contributed by atoms with van der Waals surface area (Å²) in [4.78, 5) is 0.185. The first-order valence-electron chi connectivity index (χ1n) is 5.61. The first-order valence-corrected chi connectivity index (χ1v) is 7.10. The van der Waals surface area contributed by atoms with Crippen molar-refractivity contribution in [1.29, 1.82) is 0 Å². The Morgan fingerprint density at radius 2 is 2.41 bits per heavy atom. The van der Waals surface area contributed by atoms with Crippen molar-refractivity contribution in [2.24, 2.45) is 7.05 Å². The molecule has 1 aromatic heterocycles. The summed E-state index contributed by atoms with van der Waals surface area (Å²) in [5.41, 5.74) is 0. The molecule has 17 heavy (non-hydrogen) atoms. The van der Waals surface area contributed by atoms with Crippen LogP contribution in [0.5, 0.6) is 0 Å². The monoisotopic (exact) mass is 259 g/mol. The number of sulfonamides is 1. The molecule has 1 fully saturated rings. The lowest BCUT2D eigenvalue weighted by molar-refractivity contribution is 0.0902. The Morgan fingerprint density at radius 3 is 2.94 bits per heavy atom. The summed E-state index contributed by atoms with van der Waals surface area (Å²) in [5.74, 6) is 0. The highest BCUT2D eigenvalue weighted by molar-refractivity contribution is 7.89. The molecule has 0 spiro atoms. The maximum atomic E-state index is 12.0. The largest absolute Gasteiger partial charge is 0.377 e. The van der Waals surface area contributed by atoms with Crippen molar-refractivity contribution in [3.63, 3.8) is 0 Å². The van der Waals surface area contributed by atoms with Crippen molar-refractivity contribution < 1.29 is 13.2 Å². The molecule has 2 heterocycles. The van der Waals surface area contributed by atoms with Crippen LogP contribution in [0.15, 0.2) is 17.3 Å². The van der Waals surface area contributed by atoms with Crippen LogP contribution >= 0.6 is 0 Å². The topological polar surface area (TPSA) is 73.2 Å². The van der Waals surface area contributed by atoms with Crippen molar-refractivity contribution in [3.8, 4) is 0 Å². The lowest BCUT2D eigenvalue weighted by Crippen LogP contribution is -2.40. The fourth-order valence-corrected chi connectivity index (χ4v) is 3.18. The highest BCUT2D eigenvalue weighted by Crippen LogP contribution is 2.17. The van der Waals surface area contributed by atoms with E-state index < -0.39 is 10.0 Å². The molecule has 1 aliphatic heterocycles. The summed E-state index contributed by atoms with van der Waals surface area (Å²) in [6.07, 6.45) is 4.68. The Morgan fingerprint density at radius 1 is 1.65 bits per heavy atom. The second-order valence-electron chi connectivity index (χ2n) is 4.31. The van der Waals surface area contributed by atoms with Crippen LogP contribution in [0.25, 0.3) is 0 Å². The standard InChI is InChI=1S/C10H17N3O3S/c1-8(10-4-3-5-16-10)12-17(14,15)9-6-11-13(2)7-9/h6-8,10,12H,3-5H2,1-2H3. The third-order valence-corrected chi connectivity index (χ3v) is 4.37. The van der Waals surface area contributed by atoms with Crippen molar-refractivity contribution in [1.82, 2.24) is 14.5 Å². The van der Waals surface area contributed by atoms with Crippen molar-refractivity contribution in [2.75, 3.05) is 6.61 Å². The number of hydrogen-bond acceptors (Lipinski definition) is 4. The van der Waals surface area contributed by atoms with Gasteiger partial charge in [-0.15, -0.1) is 0 Å². The van der Waals surface area contributed by atoms with Crippen molar-refractivity contribution >= 4 is 10.0 Å². The summed E-state index contributed by atoms with van der Waals surface area (Å²) in [5, 5.41) is 3.85. The summed E-state index contributed by atoms with van der Waals surface area (Å²) in [6.45, 7) is 2.54. The van der Waals surface area contributed by atoms with Gasteiger partial charge in [-0.2, -0.15) is 5.10 Å². The van der Waals surface area contributed by atoms with Crippen LogP contribution in [0.2, 0.25) is 0 Å². The first kappa shape index (κ1) is 12.5. The molecule has 2 unspecified atom stereocenters. The van der Waals surface area contributed by atoms with E-state index in [0.717, 1.165) is 12.8 Å². The molecule has 1 N–H and O–H groups in total. The van der Waals surface area contributed by atoms with Gasteiger partial charge in [0.05, 0.1) is 12.3 Å². The summed E-state index contributed by atoms with van der Waals surface area (Å²) in [7, 11) is -1.81. The molecule has 1 aromatic rings. The smallest absolute Gasteiger partial charge is 0.244 e. The van der Waals surface area contributed by atoms with E-state index in [4.69, 9.17) is 4.74 Å². The highest BCUT2D eigenvalue weighted by Gasteiger charge is 2.27. The maximum absolute atomic E-state index is 12.0. The molecular weight excluding hydrogens is 242 g/mol. The minimum atomic E-state index is -3.49. The average molecular weight is 259 g/mol. The SMILES string of the molecule is CC(NS(=O)(=O)c1cnn(C)c1)C1CCCO1. The van der Waals surface area contributed by atoms with Gasteiger partial charge in [0.2, 0.25) is 10.0 Å². The molecule has 2 atom stereocenters. The molecule has 1 saturated heterocycles. The minimum Gasteiger partial charge on any atom is -0.377 e. The minimum absolute atomic E-state index is 0.0264. The number of nitrogens with zero attached hydrogens (tertiary/aromatic N) is 2. The number of nitrogens with one attached hydrogen (secondary N) is 1. The first-order chi connectivity index (χ1) is 7.99. The highest BCUT2D eigenvalue weighted by atomic mass is 32.2. The quantitative estimate of drug-likeness (QED) is 0.842. The molecule has 7 heteroatoms. The molecule has 0 bridgehead atoms. The Labute approximate surface area is 101 Å². The number of ether oxygens (including phenoxy) is 1. The van der Waals surface area contributed by atoms with Crippen molar-refractivity contribution in [2.45, 2.75) is 36.8 Å². The Balaban J connectivity index is 2.06. The van der Waals surface area contributed by atoms with Crippen LogP contribution in [-0.4, -0.2) is 37.0 Å². The summed E-state index contributed by atoms with van der Waals surface area (Å²) >= 11 is 0. The van der Waals surface area contributed by atoms with Gasteiger partial charge in [0.1, 0.15) is 4.90 Å². The Bertz CT molecular complexity index is 477. The third-order valence-electron chi connectivity index (χ3n) is 2.86. The van der Waals surface area contributed by atoms with Gasteiger partial charge in [0, 0.05) is 25.9 Å². The molecule has 1 aliphatic rings. The van der Waals surface area contributed by atoms with E-state index in [9.17, 15) is 8.42 Å². The zero-order valence-corrected chi connectivity index (χ0v) is 10.8. The zero-order chi connectivity index (χ0) is 12.5. The predicted molar refractivity (Wildman–Crippen MR) is 62.0 cm³/mol. The van der Waals surface area contributed by atoms with Gasteiger partial charge in [-0.1, -0.05) is 0 Å². The lowest BCUT2D eigenvalue weighted by Gasteiger charge is -2.19. The third kappa shape index (κ3) is 2.85. The molecular formula is C10H17N3O3S. The number of hydrogen-bond donors (Lipinski definition) is 1. The normalized spacial score (nSPS) is 22.8. The molecule has 6 nitrogen and oxygen atoms in total. The van der Waals surface area contributed by atoms with Gasteiger partial charge in [0.15, 0.2) is 0 Å². The number of aromatic nitrogens is 2. The molecule has 0 aromatic carbocycles. The second-order valence-corrected chi connectivity index (χ2v) is 6.03. The molecule has 0 radical (unpaired) electrons. The Hall–Kier alpha value is -0.920. The van der Waals surface area contributed by atoms with Crippen LogP contribution in [0.3, 0.4) is 0 Å². The van der Waals surface area contributed by atoms with Crippen LogP contribution in [-0.2, 0) is 21.8 Å². The van der Waals surface area contributed by atoms with Gasteiger partial charge in [0.25, 0.3) is 0 Å². The van der Waals surface area contributed by atoms with Crippen LogP contribution in [0.1, 0.15) is 19.8 Å². The molecule has 2 rings (SSSR count). The van der Waals surface area contributed by atoms with Crippen LogP contribution in [0.4, 0.5) is 0 Å². The number of rotatable bonds is 4. The van der Waals surface area contributed by atoms with E-state index >= 15 is 0 Å². The second kappa shape index (κ2) is 4.75. The fourth-order valence-electron chi connectivity index (χ4n) is 1.92. The molecule has 0 aliphatic carbocycles. The van der Waals surface area contributed by atoms with E-state index in [1.54, 1.807) is 7.05 Å². The molecule has 0 saturated carbocycles. The zero-order valence-electron chi connectivity index (χ0n) is 9.96. The van der Waals surface area contributed by atoms with Gasteiger partial charge in [-0.3, -0.25) is 4.68 Å². The van der Waals surface area contributed by atoms with E-state index in [1.165, 1.54) is 17.1 Å².